The molecule has 34 heavy (non-hydrogen) atoms. The average Bonchev–Trinajstić information content (AvgIpc) is 2.82. The van der Waals surface area contributed by atoms with Crippen LogP contribution in [-0.4, -0.2) is 56.4 Å². The van der Waals surface area contributed by atoms with E-state index >= 15 is 0 Å². The minimum atomic E-state index is -1.15. The third-order valence-corrected chi connectivity index (χ3v) is 4.39. The van der Waals surface area contributed by atoms with E-state index in [1.54, 1.807) is 19.1 Å². The molecule has 0 aromatic heterocycles. The van der Waals surface area contributed by atoms with Crippen LogP contribution in [0.3, 0.4) is 0 Å². The molecule has 3 amide bonds. The zero-order chi connectivity index (χ0) is 24.7. The lowest BCUT2D eigenvalue weighted by Crippen LogP contribution is -2.37. The minimum absolute atomic E-state index is 0.0543. The predicted molar refractivity (Wildman–Crippen MR) is 116 cm³/mol. The molecule has 0 bridgehead atoms. The third-order valence-electron chi connectivity index (χ3n) is 4.39. The lowest BCUT2D eigenvalue weighted by molar-refractivity contribution is -0.385. The van der Waals surface area contributed by atoms with Gasteiger partial charge in [0.2, 0.25) is 0 Å². The molecule has 13 heteroatoms. The number of nitro groups is 1. The van der Waals surface area contributed by atoms with E-state index in [1.807, 2.05) is 5.32 Å². The van der Waals surface area contributed by atoms with Gasteiger partial charge in [0.05, 0.1) is 24.7 Å². The Balaban J connectivity index is 1.60. The van der Waals surface area contributed by atoms with E-state index in [-0.39, 0.29) is 18.1 Å². The zero-order valence-electron chi connectivity index (χ0n) is 18.2. The molecule has 0 unspecified atom stereocenters. The molecule has 0 atom stereocenters. The Morgan fingerprint density at radius 1 is 1.09 bits per heavy atom. The summed E-state index contributed by atoms with van der Waals surface area (Å²) >= 11 is 0. The smallest absolute Gasteiger partial charge is 0.345 e. The summed E-state index contributed by atoms with van der Waals surface area (Å²) in [6, 6.07) is 5.91. The van der Waals surface area contributed by atoms with E-state index in [0.717, 1.165) is 12.1 Å². The number of carbonyl (C=O) groups excluding carboxylic acids is 3. The number of nitrogens with zero attached hydrogens (tertiary/aromatic N) is 1. The number of rotatable bonds is 8. The number of imide groups is 1. The Morgan fingerprint density at radius 2 is 1.82 bits per heavy atom. The van der Waals surface area contributed by atoms with E-state index in [2.05, 4.69) is 5.32 Å². The number of anilines is 1. The van der Waals surface area contributed by atoms with Gasteiger partial charge in [0.25, 0.3) is 11.6 Å². The third kappa shape index (κ3) is 5.82. The lowest BCUT2D eigenvalue weighted by atomic mass is 10.1. The van der Waals surface area contributed by atoms with Gasteiger partial charge in [0, 0.05) is 17.8 Å². The molecule has 0 saturated heterocycles. The summed E-state index contributed by atoms with van der Waals surface area (Å²) in [5.41, 5.74) is -0.700. The van der Waals surface area contributed by atoms with E-state index in [4.69, 9.17) is 23.7 Å². The summed E-state index contributed by atoms with van der Waals surface area (Å²) < 4.78 is 26.0. The van der Waals surface area contributed by atoms with Gasteiger partial charge in [-0.3, -0.25) is 20.2 Å². The Hall–Kier alpha value is -4.55. The second kappa shape index (κ2) is 10.8. The largest absolute Gasteiger partial charge is 0.493 e. The fourth-order valence-corrected chi connectivity index (χ4v) is 2.95. The number of esters is 1. The Labute approximate surface area is 193 Å². The number of amides is 3. The van der Waals surface area contributed by atoms with Gasteiger partial charge in [-0.05, 0) is 19.1 Å². The van der Waals surface area contributed by atoms with Crippen LogP contribution in [0.15, 0.2) is 30.3 Å². The van der Waals surface area contributed by atoms with Gasteiger partial charge < -0.3 is 29.0 Å². The molecule has 180 valence electrons. The Bertz CT molecular complexity index is 1120. The van der Waals surface area contributed by atoms with Gasteiger partial charge in [0.1, 0.15) is 18.8 Å². The number of hydrogen-bond donors (Lipinski definition) is 2. The highest BCUT2D eigenvalue weighted by Crippen LogP contribution is 2.35. The molecular weight excluding hydrogens is 454 g/mol. The molecule has 0 saturated carbocycles. The number of urea groups is 1. The SMILES string of the molecule is CCOc1cc(C(=O)OCC(=O)NC(=O)Nc2ccc3c(c2)OCCO3)c([N+](=O)[O-])cc1OC. The maximum Gasteiger partial charge on any atom is 0.345 e. The standard InChI is InChI=1S/C21H21N3O10/c1-3-31-18-9-13(14(24(28)29)10-16(18)30-2)20(26)34-11-19(25)23-21(27)22-12-4-5-15-17(8-12)33-7-6-32-15/h4-5,8-10H,3,6-7,11H2,1-2H3,(H2,22,23,25,27). The second-order valence-corrected chi connectivity index (χ2v) is 6.65. The van der Waals surface area contributed by atoms with E-state index in [9.17, 15) is 24.5 Å². The fourth-order valence-electron chi connectivity index (χ4n) is 2.95. The lowest BCUT2D eigenvalue weighted by Gasteiger charge is -2.19. The summed E-state index contributed by atoms with van der Waals surface area (Å²) in [5, 5.41) is 15.8. The monoisotopic (exact) mass is 475 g/mol. The molecule has 1 aliphatic rings. The van der Waals surface area contributed by atoms with Crippen molar-refractivity contribution in [3.63, 3.8) is 0 Å². The molecule has 2 N–H and O–H groups in total. The number of nitro benzene ring substituents is 1. The van der Waals surface area contributed by atoms with Crippen LogP contribution in [0.1, 0.15) is 17.3 Å². The number of benzene rings is 2. The normalized spacial score (nSPS) is 11.7. The topological polar surface area (TPSA) is 165 Å². The highest BCUT2D eigenvalue weighted by Gasteiger charge is 2.26. The number of methoxy groups -OCH3 is 1. The molecule has 0 spiro atoms. The van der Waals surface area contributed by atoms with Crippen LogP contribution in [0, 0.1) is 10.1 Å². The van der Waals surface area contributed by atoms with Crippen molar-refractivity contribution in [1.82, 2.24) is 5.32 Å². The minimum Gasteiger partial charge on any atom is -0.493 e. The van der Waals surface area contributed by atoms with Gasteiger partial charge in [-0.15, -0.1) is 0 Å². The van der Waals surface area contributed by atoms with Gasteiger partial charge in [-0.2, -0.15) is 0 Å². The summed E-state index contributed by atoms with van der Waals surface area (Å²) in [6.07, 6.45) is 0. The number of hydrogen-bond acceptors (Lipinski definition) is 10. The number of carbonyl (C=O) groups is 3. The van der Waals surface area contributed by atoms with Crippen molar-refractivity contribution in [2.75, 3.05) is 38.9 Å². The van der Waals surface area contributed by atoms with E-state index in [0.29, 0.717) is 30.4 Å². The van der Waals surface area contributed by atoms with Crippen molar-refractivity contribution in [1.29, 1.82) is 0 Å². The first-order valence-electron chi connectivity index (χ1n) is 9.99. The van der Waals surface area contributed by atoms with Crippen molar-refractivity contribution in [2.45, 2.75) is 6.92 Å². The predicted octanol–water partition coefficient (Wildman–Crippen LogP) is 2.28. The van der Waals surface area contributed by atoms with Crippen molar-refractivity contribution in [3.05, 3.63) is 46.0 Å². The maximum atomic E-state index is 12.4. The number of ether oxygens (including phenoxy) is 5. The van der Waals surface area contributed by atoms with Crippen LogP contribution in [0.4, 0.5) is 16.2 Å². The molecule has 0 fully saturated rings. The van der Waals surface area contributed by atoms with Crippen molar-refractivity contribution < 1.29 is 43.0 Å². The van der Waals surface area contributed by atoms with Crippen LogP contribution >= 0.6 is 0 Å². The molecular formula is C21H21N3O10. The fraction of sp³-hybridized carbons (Fsp3) is 0.286. The average molecular weight is 475 g/mol. The first-order valence-corrected chi connectivity index (χ1v) is 9.99. The van der Waals surface area contributed by atoms with Crippen molar-refractivity contribution in [2.24, 2.45) is 0 Å². The van der Waals surface area contributed by atoms with Crippen LogP contribution < -0.4 is 29.6 Å². The van der Waals surface area contributed by atoms with Crippen molar-refractivity contribution >= 4 is 29.3 Å². The highest BCUT2D eigenvalue weighted by molar-refractivity contribution is 6.03. The first-order chi connectivity index (χ1) is 16.3. The molecule has 0 radical (unpaired) electrons. The summed E-state index contributed by atoms with van der Waals surface area (Å²) in [4.78, 5) is 47.1. The van der Waals surface area contributed by atoms with E-state index < -0.39 is 40.7 Å². The van der Waals surface area contributed by atoms with Gasteiger partial charge in [-0.1, -0.05) is 0 Å². The number of nitrogens with one attached hydrogen (secondary N) is 2. The van der Waals surface area contributed by atoms with Gasteiger partial charge in [-0.25, -0.2) is 9.59 Å². The highest BCUT2D eigenvalue weighted by atomic mass is 16.6. The summed E-state index contributed by atoms with van der Waals surface area (Å²) in [7, 11) is 1.29. The summed E-state index contributed by atoms with van der Waals surface area (Å²) in [5.74, 6) is -0.996. The molecule has 1 heterocycles. The quantitative estimate of drug-likeness (QED) is 0.329. The van der Waals surface area contributed by atoms with Crippen LogP contribution in [0.25, 0.3) is 0 Å². The van der Waals surface area contributed by atoms with Crippen LogP contribution in [0.5, 0.6) is 23.0 Å². The summed E-state index contributed by atoms with van der Waals surface area (Å²) in [6.45, 7) is 1.81. The molecule has 2 aromatic rings. The molecule has 3 rings (SSSR count). The molecule has 2 aromatic carbocycles. The zero-order valence-corrected chi connectivity index (χ0v) is 18.2. The maximum absolute atomic E-state index is 12.4. The Morgan fingerprint density at radius 3 is 2.50 bits per heavy atom. The molecule has 1 aliphatic heterocycles. The molecule has 0 aliphatic carbocycles. The molecule has 13 nitrogen and oxygen atoms in total. The second-order valence-electron chi connectivity index (χ2n) is 6.65. The van der Waals surface area contributed by atoms with Crippen molar-refractivity contribution in [3.8, 4) is 23.0 Å². The van der Waals surface area contributed by atoms with E-state index in [1.165, 1.54) is 13.2 Å². The van der Waals surface area contributed by atoms with Gasteiger partial charge in [0.15, 0.2) is 29.6 Å². The first kappa shape index (κ1) is 24.1. The van der Waals surface area contributed by atoms with Crippen LogP contribution in [0.2, 0.25) is 0 Å². The Kier molecular flexibility index (Phi) is 7.69. The van der Waals surface area contributed by atoms with Crippen LogP contribution in [-0.2, 0) is 9.53 Å². The van der Waals surface area contributed by atoms with Gasteiger partial charge >= 0.3 is 12.0 Å². The number of fused-ring (bicyclic) bond motifs is 1.